The van der Waals surface area contributed by atoms with Crippen molar-refractivity contribution in [3.63, 3.8) is 0 Å². The Bertz CT molecular complexity index is 310. The van der Waals surface area contributed by atoms with Gasteiger partial charge in [0, 0.05) is 5.56 Å². The van der Waals surface area contributed by atoms with Crippen molar-refractivity contribution in [1.82, 2.24) is 0 Å². The van der Waals surface area contributed by atoms with Crippen LogP contribution in [0.3, 0.4) is 0 Å². The molecule has 0 radical (unpaired) electrons. The molecule has 3 heteroatoms. The molecule has 0 saturated heterocycles. The Labute approximate surface area is 86.2 Å². The third-order valence-electron chi connectivity index (χ3n) is 2.02. The van der Waals surface area contributed by atoms with E-state index in [0.29, 0.717) is 6.61 Å². The van der Waals surface area contributed by atoms with E-state index in [1.165, 1.54) is 0 Å². The fourth-order valence-corrected chi connectivity index (χ4v) is 2.13. The van der Waals surface area contributed by atoms with E-state index in [2.05, 4.69) is 6.92 Å². The quantitative estimate of drug-likeness (QED) is 0.552. The Morgan fingerprint density at radius 1 is 1.36 bits per heavy atom. The van der Waals surface area contributed by atoms with Gasteiger partial charge in [0.05, 0.1) is 0 Å². The SMILES string of the molecule is CCCCO[P+](=O)c1ccccc1C. The van der Waals surface area contributed by atoms with Crippen molar-refractivity contribution in [1.29, 1.82) is 0 Å². The standard InChI is InChI=1S/C11H16O2P/c1-3-4-9-13-14(12)11-8-6-5-7-10(11)2/h5-8H,3-4,9H2,1-2H3/q+1. The zero-order valence-corrected chi connectivity index (χ0v) is 9.59. The first-order valence-electron chi connectivity index (χ1n) is 4.91. The summed E-state index contributed by atoms with van der Waals surface area (Å²) in [5.41, 5.74) is 1.03. The summed E-state index contributed by atoms with van der Waals surface area (Å²) in [5, 5.41) is 0.818. The summed E-state index contributed by atoms with van der Waals surface area (Å²) in [6.45, 7) is 4.62. The third-order valence-corrected chi connectivity index (χ3v) is 3.33. The molecular formula is C11H16O2P+. The van der Waals surface area contributed by atoms with E-state index < -0.39 is 8.03 Å². The van der Waals surface area contributed by atoms with Crippen molar-refractivity contribution >= 4 is 13.3 Å². The highest BCUT2D eigenvalue weighted by Crippen LogP contribution is 2.23. The van der Waals surface area contributed by atoms with Gasteiger partial charge in [0.1, 0.15) is 6.61 Å². The van der Waals surface area contributed by atoms with Crippen molar-refractivity contribution in [3.05, 3.63) is 29.8 Å². The van der Waals surface area contributed by atoms with Crippen molar-refractivity contribution in [2.75, 3.05) is 6.61 Å². The highest BCUT2D eigenvalue weighted by molar-refractivity contribution is 7.48. The van der Waals surface area contributed by atoms with Crippen molar-refractivity contribution in [2.45, 2.75) is 26.7 Å². The summed E-state index contributed by atoms with van der Waals surface area (Å²) in [6, 6.07) is 7.64. The molecule has 1 aromatic rings. The number of aryl methyl sites for hydroxylation is 1. The van der Waals surface area contributed by atoms with Crippen LogP contribution in [0.5, 0.6) is 0 Å². The minimum atomic E-state index is -1.66. The first kappa shape index (κ1) is 11.4. The first-order valence-corrected chi connectivity index (χ1v) is 6.09. The van der Waals surface area contributed by atoms with E-state index in [-0.39, 0.29) is 0 Å². The maximum absolute atomic E-state index is 11.7. The molecule has 0 N–H and O–H groups in total. The van der Waals surface area contributed by atoms with Gasteiger partial charge in [0.25, 0.3) is 0 Å². The maximum atomic E-state index is 11.7. The number of unbranched alkanes of at least 4 members (excludes halogenated alkanes) is 1. The molecular weight excluding hydrogens is 195 g/mol. The molecule has 0 spiro atoms. The summed E-state index contributed by atoms with van der Waals surface area (Å²) in [6.07, 6.45) is 2.03. The van der Waals surface area contributed by atoms with E-state index in [1.807, 2.05) is 31.2 Å². The highest BCUT2D eigenvalue weighted by Gasteiger charge is 2.23. The molecule has 1 unspecified atom stereocenters. The van der Waals surface area contributed by atoms with Gasteiger partial charge in [-0.15, -0.1) is 4.52 Å². The lowest BCUT2D eigenvalue weighted by atomic mass is 10.2. The van der Waals surface area contributed by atoms with Crippen molar-refractivity contribution in [3.8, 4) is 0 Å². The van der Waals surface area contributed by atoms with Crippen LogP contribution in [-0.4, -0.2) is 6.61 Å². The third kappa shape index (κ3) is 3.21. The molecule has 1 rings (SSSR count). The van der Waals surface area contributed by atoms with E-state index in [1.54, 1.807) is 0 Å². The summed E-state index contributed by atoms with van der Waals surface area (Å²) in [5.74, 6) is 0. The summed E-state index contributed by atoms with van der Waals surface area (Å²) < 4.78 is 16.9. The van der Waals surface area contributed by atoms with Crippen molar-refractivity contribution < 1.29 is 9.09 Å². The Morgan fingerprint density at radius 3 is 2.71 bits per heavy atom. The van der Waals surface area contributed by atoms with Gasteiger partial charge in [-0.25, -0.2) is 0 Å². The van der Waals surface area contributed by atoms with E-state index in [4.69, 9.17) is 4.52 Å². The predicted molar refractivity (Wildman–Crippen MR) is 59.3 cm³/mol. The Balaban J connectivity index is 2.56. The molecule has 0 heterocycles. The lowest BCUT2D eigenvalue weighted by Gasteiger charge is -1.93. The molecule has 0 fully saturated rings. The summed E-state index contributed by atoms with van der Waals surface area (Å²) in [4.78, 5) is 0. The molecule has 0 amide bonds. The first-order chi connectivity index (χ1) is 6.75. The molecule has 0 bridgehead atoms. The van der Waals surface area contributed by atoms with Gasteiger partial charge in [0.15, 0.2) is 0 Å². The Kier molecular flexibility index (Phi) is 4.78. The number of hydrogen-bond donors (Lipinski definition) is 0. The van der Waals surface area contributed by atoms with Crippen LogP contribution < -0.4 is 5.30 Å². The van der Waals surface area contributed by atoms with Gasteiger partial charge < -0.3 is 0 Å². The lowest BCUT2D eigenvalue weighted by molar-refractivity contribution is 0.326. The molecule has 0 aliphatic rings. The van der Waals surface area contributed by atoms with Crippen molar-refractivity contribution in [2.24, 2.45) is 0 Å². The van der Waals surface area contributed by atoms with Crippen LogP contribution in [0.15, 0.2) is 24.3 Å². The molecule has 0 aliphatic heterocycles. The second kappa shape index (κ2) is 5.90. The van der Waals surface area contributed by atoms with Gasteiger partial charge in [0.2, 0.25) is 5.30 Å². The van der Waals surface area contributed by atoms with E-state index in [9.17, 15) is 4.57 Å². The average molecular weight is 211 g/mol. The van der Waals surface area contributed by atoms with Crippen LogP contribution >= 0.6 is 8.03 Å². The van der Waals surface area contributed by atoms with Gasteiger partial charge in [-0.2, -0.15) is 0 Å². The van der Waals surface area contributed by atoms with Gasteiger partial charge >= 0.3 is 8.03 Å². The van der Waals surface area contributed by atoms with E-state index in [0.717, 1.165) is 23.7 Å². The average Bonchev–Trinajstić information content (AvgIpc) is 2.18. The van der Waals surface area contributed by atoms with Crippen LogP contribution in [0.2, 0.25) is 0 Å². The van der Waals surface area contributed by atoms with Crippen LogP contribution in [0, 0.1) is 6.92 Å². The molecule has 0 aromatic heterocycles. The topological polar surface area (TPSA) is 26.3 Å². The minimum Gasteiger partial charge on any atom is -0.142 e. The molecule has 2 nitrogen and oxygen atoms in total. The Hall–Kier alpha value is -0.720. The molecule has 1 aromatic carbocycles. The summed E-state index contributed by atoms with van der Waals surface area (Å²) in [7, 11) is -1.66. The zero-order chi connectivity index (χ0) is 10.4. The smallest absolute Gasteiger partial charge is 0.142 e. The Morgan fingerprint density at radius 2 is 2.07 bits per heavy atom. The van der Waals surface area contributed by atoms with Gasteiger partial charge in [-0.3, -0.25) is 0 Å². The van der Waals surface area contributed by atoms with Gasteiger partial charge in [-0.1, -0.05) is 31.5 Å². The second-order valence-electron chi connectivity index (χ2n) is 3.23. The molecule has 1 atom stereocenters. The largest absolute Gasteiger partial charge is 0.548 e. The highest BCUT2D eigenvalue weighted by atomic mass is 31.1. The van der Waals surface area contributed by atoms with Crippen LogP contribution in [0.25, 0.3) is 0 Å². The molecule has 76 valence electrons. The fourth-order valence-electron chi connectivity index (χ4n) is 1.13. The number of rotatable bonds is 5. The zero-order valence-electron chi connectivity index (χ0n) is 8.69. The van der Waals surface area contributed by atoms with E-state index >= 15 is 0 Å². The molecule has 0 saturated carbocycles. The molecule has 0 aliphatic carbocycles. The predicted octanol–water partition coefficient (Wildman–Crippen LogP) is 3.18. The summed E-state index contributed by atoms with van der Waals surface area (Å²) >= 11 is 0. The normalized spacial score (nSPS) is 11.4. The maximum Gasteiger partial charge on any atom is 0.548 e. The fraction of sp³-hybridized carbons (Fsp3) is 0.455. The van der Waals surface area contributed by atoms with Crippen LogP contribution in [0.4, 0.5) is 0 Å². The molecule has 14 heavy (non-hydrogen) atoms. The lowest BCUT2D eigenvalue weighted by Crippen LogP contribution is -2.02. The minimum absolute atomic E-state index is 0.583. The second-order valence-corrected chi connectivity index (χ2v) is 4.48. The van der Waals surface area contributed by atoms with Crippen LogP contribution in [-0.2, 0) is 9.09 Å². The monoisotopic (exact) mass is 211 g/mol. The number of hydrogen-bond acceptors (Lipinski definition) is 2. The van der Waals surface area contributed by atoms with Gasteiger partial charge in [-0.05, 0) is 24.0 Å². The number of benzene rings is 1. The van der Waals surface area contributed by atoms with Crippen LogP contribution in [0.1, 0.15) is 25.3 Å².